The molecular weight excluding hydrogens is 310 g/mol. The second-order valence-corrected chi connectivity index (χ2v) is 7.30. The Labute approximate surface area is 142 Å². The van der Waals surface area contributed by atoms with E-state index in [-0.39, 0.29) is 0 Å². The van der Waals surface area contributed by atoms with Crippen molar-refractivity contribution in [3.05, 3.63) is 34.9 Å². The highest BCUT2D eigenvalue weighted by atomic mass is 35.5. The van der Waals surface area contributed by atoms with Gasteiger partial charge in [-0.25, -0.2) is 4.98 Å². The van der Waals surface area contributed by atoms with E-state index in [0.29, 0.717) is 12.0 Å². The largest absolute Gasteiger partial charge is 0.379 e. The highest BCUT2D eigenvalue weighted by Crippen LogP contribution is 2.28. The van der Waals surface area contributed by atoms with Crippen LogP contribution in [-0.4, -0.2) is 55.8 Å². The van der Waals surface area contributed by atoms with Crippen LogP contribution in [0.4, 0.5) is 5.82 Å². The van der Waals surface area contributed by atoms with Crippen LogP contribution in [0.25, 0.3) is 10.9 Å². The lowest BCUT2D eigenvalue weighted by Crippen LogP contribution is -2.42. The first kappa shape index (κ1) is 15.2. The Bertz CT molecular complexity index is 736. The van der Waals surface area contributed by atoms with Gasteiger partial charge in [0.1, 0.15) is 5.82 Å². The van der Waals surface area contributed by atoms with E-state index >= 15 is 0 Å². The van der Waals surface area contributed by atoms with Crippen LogP contribution in [0, 0.1) is 12.8 Å². The summed E-state index contributed by atoms with van der Waals surface area (Å²) in [5, 5.41) is 1.90. The molecule has 2 aromatic rings. The van der Waals surface area contributed by atoms with Gasteiger partial charge in [0.05, 0.1) is 24.8 Å². The van der Waals surface area contributed by atoms with Crippen molar-refractivity contribution in [1.82, 2.24) is 9.88 Å². The zero-order chi connectivity index (χ0) is 16.0. The van der Waals surface area contributed by atoms with Gasteiger partial charge in [-0.05, 0) is 43.8 Å². The van der Waals surface area contributed by atoms with Crippen LogP contribution >= 0.6 is 11.6 Å². The Balaban J connectivity index is 1.72. The zero-order valence-corrected chi connectivity index (χ0v) is 14.4. The summed E-state index contributed by atoms with van der Waals surface area (Å²) in [7, 11) is 2.21. The van der Waals surface area contributed by atoms with Gasteiger partial charge in [0, 0.05) is 36.0 Å². The van der Waals surface area contributed by atoms with Gasteiger partial charge in [-0.3, -0.25) is 4.90 Å². The molecule has 5 heteroatoms. The predicted molar refractivity (Wildman–Crippen MR) is 94.4 cm³/mol. The van der Waals surface area contributed by atoms with Crippen molar-refractivity contribution < 1.29 is 4.74 Å². The number of pyridine rings is 1. The van der Waals surface area contributed by atoms with Crippen LogP contribution in [0.5, 0.6) is 0 Å². The molecule has 3 heterocycles. The van der Waals surface area contributed by atoms with Gasteiger partial charge in [-0.2, -0.15) is 0 Å². The molecule has 4 rings (SSSR count). The van der Waals surface area contributed by atoms with Gasteiger partial charge in [-0.15, -0.1) is 0 Å². The van der Waals surface area contributed by atoms with E-state index in [1.54, 1.807) is 0 Å². The lowest BCUT2D eigenvalue weighted by molar-refractivity contribution is 0.0930. The molecule has 0 N–H and O–H groups in total. The maximum atomic E-state index is 6.12. The molecule has 2 aliphatic rings. The molecule has 0 amide bonds. The number of likely N-dealkylation sites (N-methyl/N-ethyl adjacent to an activating group) is 1. The van der Waals surface area contributed by atoms with Crippen molar-refractivity contribution >= 4 is 28.3 Å². The number of hydrogen-bond donors (Lipinski definition) is 0. The topological polar surface area (TPSA) is 28.6 Å². The summed E-state index contributed by atoms with van der Waals surface area (Å²) >= 11 is 6.12. The third-order valence-corrected chi connectivity index (χ3v) is 5.27. The Hall–Kier alpha value is -1.36. The number of nitrogens with zero attached hydrogens (tertiary/aromatic N) is 3. The molecule has 2 bridgehead atoms. The van der Waals surface area contributed by atoms with E-state index in [9.17, 15) is 0 Å². The summed E-state index contributed by atoms with van der Waals surface area (Å²) in [5.74, 6) is 1.61. The van der Waals surface area contributed by atoms with Crippen molar-refractivity contribution in [2.45, 2.75) is 13.0 Å². The lowest BCUT2D eigenvalue weighted by Gasteiger charge is -2.31. The molecule has 2 fully saturated rings. The average Bonchev–Trinajstić information content (AvgIpc) is 2.76. The maximum Gasteiger partial charge on any atom is 0.129 e. The summed E-state index contributed by atoms with van der Waals surface area (Å²) in [6.45, 7) is 6.87. The van der Waals surface area contributed by atoms with E-state index in [0.717, 1.165) is 54.6 Å². The molecular formula is C18H22ClN3O. The summed E-state index contributed by atoms with van der Waals surface area (Å²) in [6.07, 6.45) is 0. The van der Waals surface area contributed by atoms with Crippen LogP contribution in [0.15, 0.2) is 24.3 Å². The highest BCUT2D eigenvalue weighted by molar-refractivity contribution is 6.31. The van der Waals surface area contributed by atoms with Gasteiger partial charge in [0.15, 0.2) is 0 Å². The smallest absolute Gasteiger partial charge is 0.129 e. The van der Waals surface area contributed by atoms with Crippen LogP contribution < -0.4 is 4.90 Å². The number of hydrogen-bond acceptors (Lipinski definition) is 4. The molecule has 0 aliphatic carbocycles. The fraction of sp³-hybridized carbons (Fsp3) is 0.500. The van der Waals surface area contributed by atoms with Gasteiger partial charge in [0.2, 0.25) is 0 Å². The van der Waals surface area contributed by atoms with E-state index in [2.05, 4.69) is 29.8 Å². The summed E-state index contributed by atoms with van der Waals surface area (Å²) in [6, 6.07) is 8.56. The molecule has 23 heavy (non-hydrogen) atoms. The van der Waals surface area contributed by atoms with Crippen LogP contribution in [0.1, 0.15) is 5.56 Å². The first-order chi connectivity index (χ1) is 11.1. The van der Waals surface area contributed by atoms with E-state index in [4.69, 9.17) is 21.3 Å². The molecule has 0 spiro atoms. The normalized spacial score (nSPS) is 25.6. The molecule has 0 radical (unpaired) electrons. The third kappa shape index (κ3) is 2.91. The molecule has 2 atom stereocenters. The fourth-order valence-corrected chi connectivity index (χ4v) is 3.92. The molecule has 4 nitrogen and oxygen atoms in total. The Kier molecular flexibility index (Phi) is 3.92. The van der Waals surface area contributed by atoms with Gasteiger partial charge >= 0.3 is 0 Å². The summed E-state index contributed by atoms with van der Waals surface area (Å²) in [5.41, 5.74) is 2.25. The van der Waals surface area contributed by atoms with Gasteiger partial charge < -0.3 is 9.64 Å². The fourth-order valence-electron chi connectivity index (χ4n) is 3.75. The number of ether oxygens (including phenoxy) is 1. The molecule has 0 saturated carbocycles. The highest BCUT2D eigenvalue weighted by Gasteiger charge is 2.32. The first-order valence-corrected chi connectivity index (χ1v) is 8.58. The first-order valence-electron chi connectivity index (χ1n) is 8.20. The minimum atomic E-state index is 0.436. The number of fused-ring (bicyclic) bond motifs is 4. The zero-order valence-electron chi connectivity index (χ0n) is 13.6. The van der Waals surface area contributed by atoms with Crippen LogP contribution in [0.2, 0.25) is 5.02 Å². The molecule has 1 aromatic carbocycles. The monoisotopic (exact) mass is 331 g/mol. The van der Waals surface area contributed by atoms with Crippen molar-refractivity contribution in [3.8, 4) is 0 Å². The quantitative estimate of drug-likeness (QED) is 0.803. The van der Waals surface area contributed by atoms with Crippen molar-refractivity contribution in [2.75, 3.05) is 44.8 Å². The number of aryl methyl sites for hydroxylation is 1. The molecule has 2 aliphatic heterocycles. The van der Waals surface area contributed by atoms with Gasteiger partial charge in [-0.1, -0.05) is 11.6 Å². The maximum absolute atomic E-state index is 6.12. The summed E-state index contributed by atoms with van der Waals surface area (Å²) < 4.78 is 5.82. The lowest BCUT2D eigenvalue weighted by atomic mass is 10.1. The number of benzene rings is 1. The van der Waals surface area contributed by atoms with E-state index < -0.39 is 0 Å². The summed E-state index contributed by atoms with van der Waals surface area (Å²) in [4.78, 5) is 9.77. The second kappa shape index (κ2) is 5.93. The number of rotatable bonds is 1. The SMILES string of the molecule is Cc1cc(N2C[C@@H]3COC[C@H](C2)N(C)C3)nc2ccc(Cl)cc12. The minimum Gasteiger partial charge on any atom is -0.379 e. The number of anilines is 1. The van der Waals surface area contributed by atoms with Crippen molar-refractivity contribution in [3.63, 3.8) is 0 Å². The van der Waals surface area contributed by atoms with Crippen LogP contribution in [-0.2, 0) is 4.74 Å². The predicted octanol–water partition coefficient (Wildman–Crippen LogP) is 2.96. The molecule has 0 unspecified atom stereocenters. The standard InChI is InChI=1S/C18H22ClN3O/c1-12-5-18(20-17-4-3-14(19)6-16(12)17)22-8-13-7-21(2)15(9-22)11-23-10-13/h3-6,13,15H,7-11H2,1-2H3/t13-,15+/m1/s1. The Morgan fingerprint density at radius 2 is 2.04 bits per heavy atom. The molecule has 122 valence electrons. The minimum absolute atomic E-state index is 0.436. The Morgan fingerprint density at radius 1 is 1.17 bits per heavy atom. The van der Waals surface area contributed by atoms with Crippen molar-refractivity contribution in [2.24, 2.45) is 5.92 Å². The van der Waals surface area contributed by atoms with Gasteiger partial charge in [0.25, 0.3) is 0 Å². The van der Waals surface area contributed by atoms with E-state index in [1.807, 2.05) is 18.2 Å². The third-order valence-electron chi connectivity index (χ3n) is 5.03. The van der Waals surface area contributed by atoms with Crippen LogP contribution in [0.3, 0.4) is 0 Å². The van der Waals surface area contributed by atoms with Crippen molar-refractivity contribution in [1.29, 1.82) is 0 Å². The average molecular weight is 332 g/mol. The number of halogens is 1. The second-order valence-electron chi connectivity index (χ2n) is 6.86. The Morgan fingerprint density at radius 3 is 2.91 bits per heavy atom. The molecule has 2 saturated heterocycles. The van der Waals surface area contributed by atoms with E-state index in [1.165, 1.54) is 5.56 Å². The number of aromatic nitrogens is 1. The molecule has 1 aromatic heterocycles.